The maximum Gasteiger partial charge on any atom is 0.269 e. The molecule has 24 heavy (non-hydrogen) atoms. The van der Waals surface area contributed by atoms with Gasteiger partial charge in [0.15, 0.2) is 0 Å². The standard InChI is InChI=1S/C18H15N3O3/c1-12(19-20-14-7-9-15(10-8-14)21(23)24)16-11-6-13-4-2-3-5-17(13)18(16)22/h2-11,20,22H,1H3/b19-12-. The molecule has 0 unspecified atom stereocenters. The number of nitrogens with one attached hydrogen (secondary N) is 1. The lowest BCUT2D eigenvalue weighted by atomic mass is 10.0. The number of hydrazone groups is 1. The van der Waals surface area contributed by atoms with Crippen LogP contribution in [0.5, 0.6) is 5.75 Å². The quantitative estimate of drug-likeness (QED) is 0.426. The summed E-state index contributed by atoms with van der Waals surface area (Å²) in [7, 11) is 0. The number of benzene rings is 3. The average Bonchev–Trinajstić information content (AvgIpc) is 2.60. The number of non-ortho nitro benzene ring substituents is 1. The summed E-state index contributed by atoms with van der Waals surface area (Å²) in [5.74, 6) is 0.180. The van der Waals surface area contributed by atoms with Crippen LogP contribution in [0, 0.1) is 10.1 Å². The molecule has 6 nitrogen and oxygen atoms in total. The third-order valence-electron chi connectivity index (χ3n) is 3.72. The Kier molecular flexibility index (Phi) is 4.11. The number of nitro benzene ring substituents is 1. The molecule has 0 aromatic heterocycles. The van der Waals surface area contributed by atoms with Gasteiger partial charge in [0.25, 0.3) is 5.69 Å². The molecule has 3 aromatic carbocycles. The summed E-state index contributed by atoms with van der Waals surface area (Å²) in [6.07, 6.45) is 0. The molecule has 0 bridgehead atoms. The molecule has 0 aliphatic heterocycles. The van der Waals surface area contributed by atoms with Crippen molar-refractivity contribution in [1.29, 1.82) is 0 Å². The summed E-state index contributed by atoms with van der Waals surface area (Å²) in [4.78, 5) is 10.2. The maximum absolute atomic E-state index is 10.6. The van der Waals surface area contributed by atoms with Gasteiger partial charge in [-0.05, 0) is 30.5 Å². The summed E-state index contributed by atoms with van der Waals surface area (Å²) in [5, 5.41) is 27.0. The van der Waals surface area contributed by atoms with E-state index in [0.717, 1.165) is 10.8 Å². The molecule has 0 aliphatic rings. The Morgan fingerprint density at radius 3 is 2.50 bits per heavy atom. The SMILES string of the molecule is C/C(=N/Nc1ccc([N+](=O)[O-])cc1)c1ccc2ccccc2c1O. The summed E-state index contributed by atoms with van der Waals surface area (Å²) in [6, 6.07) is 17.3. The van der Waals surface area contributed by atoms with Gasteiger partial charge in [-0.15, -0.1) is 0 Å². The van der Waals surface area contributed by atoms with Gasteiger partial charge >= 0.3 is 0 Å². The molecule has 0 saturated carbocycles. The van der Waals surface area contributed by atoms with E-state index < -0.39 is 4.92 Å². The van der Waals surface area contributed by atoms with Gasteiger partial charge < -0.3 is 5.11 Å². The van der Waals surface area contributed by atoms with Crippen molar-refractivity contribution in [3.63, 3.8) is 0 Å². The second-order valence-corrected chi connectivity index (χ2v) is 5.30. The van der Waals surface area contributed by atoms with Gasteiger partial charge in [-0.3, -0.25) is 15.5 Å². The lowest BCUT2D eigenvalue weighted by Crippen LogP contribution is -2.00. The Morgan fingerprint density at radius 1 is 1.08 bits per heavy atom. The van der Waals surface area contributed by atoms with Crippen molar-refractivity contribution >= 4 is 27.9 Å². The number of aromatic hydroxyl groups is 1. The van der Waals surface area contributed by atoms with Crippen LogP contribution >= 0.6 is 0 Å². The Hall–Kier alpha value is -3.41. The summed E-state index contributed by atoms with van der Waals surface area (Å²) in [6.45, 7) is 1.78. The van der Waals surface area contributed by atoms with Gasteiger partial charge in [0.1, 0.15) is 5.75 Å². The number of nitrogens with zero attached hydrogens (tertiary/aromatic N) is 2. The van der Waals surface area contributed by atoms with E-state index in [1.807, 2.05) is 36.4 Å². The molecule has 0 aliphatic carbocycles. The van der Waals surface area contributed by atoms with E-state index in [1.54, 1.807) is 19.1 Å². The van der Waals surface area contributed by atoms with Crippen molar-refractivity contribution in [2.45, 2.75) is 6.92 Å². The first kappa shape index (κ1) is 15.5. The van der Waals surface area contributed by atoms with E-state index in [9.17, 15) is 15.2 Å². The highest BCUT2D eigenvalue weighted by atomic mass is 16.6. The molecule has 0 spiro atoms. The number of nitro groups is 1. The molecule has 0 saturated heterocycles. The second kappa shape index (κ2) is 6.37. The van der Waals surface area contributed by atoms with Crippen LogP contribution in [0.2, 0.25) is 0 Å². The summed E-state index contributed by atoms with van der Waals surface area (Å²) >= 11 is 0. The van der Waals surface area contributed by atoms with Gasteiger partial charge in [0.2, 0.25) is 0 Å². The third kappa shape index (κ3) is 3.03. The molecule has 3 rings (SSSR count). The zero-order valence-electron chi connectivity index (χ0n) is 12.9. The van der Waals surface area contributed by atoms with Crippen LogP contribution in [-0.2, 0) is 0 Å². The molecular formula is C18H15N3O3. The lowest BCUT2D eigenvalue weighted by Gasteiger charge is -2.08. The van der Waals surface area contributed by atoms with Crippen LogP contribution in [0.3, 0.4) is 0 Å². The zero-order chi connectivity index (χ0) is 17.1. The normalized spacial score (nSPS) is 11.5. The first-order valence-electron chi connectivity index (χ1n) is 7.32. The van der Waals surface area contributed by atoms with E-state index in [0.29, 0.717) is 17.0 Å². The molecule has 3 aromatic rings. The number of anilines is 1. The highest BCUT2D eigenvalue weighted by molar-refractivity contribution is 6.06. The highest BCUT2D eigenvalue weighted by Gasteiger charge is 2.09. The number of hydrogen-bond donors (Lipinski definition) is 2. The van der Waals surface area contributed by atoms with E-state index in [4.69, 9.17) is 0 Å². The monoisotopic (exact) mass is 321 g/mol. The van der Waals surface area contributed by atoms with Gasteiger partial charge in [-0.1, -0.05) is 30.3 Å². The first-order valence-corrected chi connectivity index (χ1v) is 7.32. The number of hydrogen-bond acceptors (Lipinski definition) is 5. The van der Waals surface area contributed by atoms with Crippen molar-refractivity contribution < 1.29 is 10.0 Å². The van der Waals surface area contributed by atoms with Gasteiger partial charge in [0.05, 0.1) is 16.3 Å². The van der Waals surface area contributed by atoms with Crippen LogP contribution in [-0.4, -0.2) is 15.7 Å². The first-order chi connectivity index (χ1) is 11.6. The predicted molar refractivity (Wildman–Crippen MR) is 94.5 cm³/mol. The molecule has 0 amide bonds. The average molecular weight is 321 g/mol. The number of phenolic OH excluding ortho intramolecular Hbond substituents is 1. The molecule has 2 N–H and O–H groups in total. The molecule has 0 radical (unpaired) electrons. The van der Waals surface area contributed by atoms with Gasteiger partial charge in [-0.2, -0.15) is 5.10 Å². The molecule has 0 atom stereocenters. The van der Waals surface area contributed by atoms with Crippen molar-refractivity contribution in [3.05, 3.63) is 76.3 Å². The van der Waals surface area contributed by atoms with Crippen LogP contribution in [0.25, 0.3) is 10.8 Å². The maximum atomic E-state index is 10.6. The topological polar surface area (TPSA) is 87.8 Å². The van der Waals surface area contributed by atoms with Crippen LogP contribution in [0.15, 0.2) is 65.8 Å². The minimum absolute atomic E-state index is 0.0217. The minimum Gasteiger partial charge on any atom is -0.507 e. The van der Waals surface area contributed by atoms with Crippen molar-refractivity contribution in [2.75, 3.05) is 5.43 Å². The van der Waals surface area contributed by atoms with E-state index >= 15 is 0 Å². The Bertz CT molecular complexity index is 934. The largest absolute Gasteiger partial charge is 0.507 e. The minimum atomic E-state index is -0.453. The molecule has 0 heterocycles. The van der Waals surface area contributed by atoms with Crippen LogP contribution in [0.1, 0.15) is 12.5 Å². The Morgan fingerprint density at radius 2 is 1.79 bits per heavy atom. The predicted octanol–water partition coefficient (Wildman–Crippen LogP) is 4.29. The van der Waals surface area contributed by atoms with Gasteiger partial charge in [0, 0.05) is 23.1 Å². The third-order valence-corrected chi connectivity index (χ3v) is 3.72. The molecular weight excluding hydrogens is 306 g/mol. The highest BCUT2D eigenvalue weighted by Crippen LogP contribution is 2.29. The Labute approximate surface area is 138 Å². The van der Waals surface area contributed by atoms with E-state index in [1.165, 1.54) is 12.1 Å². The van der Waals surface area contributed by atoms with Crippen molar-refractivity contribution in [2.24, 2.45) is 5.10 Å². The lowest BCUT2D eigenvalue weighted by molar-refractivity contribution is -0.384. The van der Waals surface area contributed by atoms with Crippen molar-refractivity contribution in [3.8, 4) is 5.75 Å². The fourth-order valence-corrected chi connectivity index (χ4v) is 2.41. The molecule has 6 heteroatoms. The number of phenols is 1. The second-order valence-electron chi connectivity index (χ2n) is 5.30. The number of fused-ring (bicyclic) bond motifs is 1. The van der Waals surface area contributed by atoms with Crippen LogP contribution < -0.4 is 5.43 Å². The number of rotatable bonds is 4. The zero-order valence-corrected chi connectivity index (χ0v) is 12.9. The summed E-state index contributed by atoms with van der Waals surface area (Å²) < 4.78 is 0. The van der Waals surface area contributed by atoms with E-state index in [-0.39, 0.29) is 11.4 Å². The van der Waals surface area contributed by atoms with E-state index in [2.05, 4.69) is 10.5 Å². The molecule has 120 valence electrons. The smallest absolute Gasteiger partial charge is 0.269 e. The Balaban J connectivity index is 1.85. The van der Waals surface area contributed by atoms with Crippen molar-refractivity contribution in [1.82, 2.24) is 0 Å². The van der Waals surface area contributed by atoms with Crippen LogP contribution in [0.4, 0.5) is 11.4 Å². The molecule has 0 fully saturated rings. The summed E-state index contributed by atoms with van der Waals surface area (Å²) in [5.41, 5.74) is 4.72. The fraction of sp³-hybridized carbons (Fsp3) is 0.0556. The fourth-order valence-electron chi connectivity index (χ4n) is 2.41. The van der Waals surface area contributed by atoms with Gasteiger partial charge in [-0.25, -0.2) is 0 Å².